The van der Waals surface area contributed by atoms with Gasteiger partial charge in [0.2, 0.25) is 0 Å². The summed E-state index contributed by atoms with van der Waals surface area (Å²) in [6.07, 6.45) is 0.123. The summed E-state index contributed by atoms with van der Waals surface area (Å²) in [6.45, 7) is 6.98. The maximum Gasteiger partial charge on any atom is 0.261 e. The lowest BCUT2D eigenvalue weighted by molar-refractivity contribution is -0.128. The van der Waals surface area contributed by atoms with E-state index in [0.29, 0.717) is 19.6 Å². The SMILES string of the molecule is CCOc1ccc(CNC(=O)[C@H](CC)Oc2ccccc2C)cc1. The van der Waals surface area contributed by atoms with E-state index in [4.69, 9.17) is 9.47 Å². The van der Waals surface area contributed by atoms with Gasteiger partial charge in [0.25, 0.3) is 5.91 Å². The second-order valence-electron chi connectivity index (χ2n) is 5.58. The fraction of sp³-hybridized carbons (Fsp3) is 0.350. The lowest BCUT2D eigenvalue weighted by Crippen LogP contribution is -2.37. The van der Waals surface area contributed by atoms with Gasteiger partial charge in [-0.1, -0.05) is 37.3 Å². The van der Waals surface area contributed by atoms with E-state index >= 15 is 0 Å². The number of aryl methyl sites for hydroxylation is 1. The number of para-hydroxylation sites is 1. The Morgan fingerprint density at radius 2 is 1.79 bits per heavy atom. The predicted molar refractivity (Wildman–Crippen MR) is 95.3 cm³/mol. The van der Waals surface area contributed by atoms with Crippen LogP contribution in [-0.4, -0.2) is 18.6 Å². The van der Waals surface area contributed by atoms with Crippen molar-refractivity contribution in [2.75, 3.05) is 6.61 Å². The van der Waals surface area contributed by atoms with E-state index in [1.54, 1.807) is 0 Å². The lowest BCUT2D eigenvalue weighted by Gasteiger charge is -2.18. The fourth-order valence-corrected chi connectivity index (χ4v) is 2.34. The molecule has 0 saturated carbocycles. The number of carbonyl (C=O) groups is 1. The zero-order valence-electron chi connectivity index (χ0n) is 14.5. The highest BCUT2D eigenvalue weighted by molar-refractivity contribution is 5.81. The molecule has 0 spiro atoms. The molecule has 4 heteroatoms. The molecule has 0 radical (unpaired) electrons. The molecule has 1 amide bonds. The highest BCUT2D eigenvalue weighted by atomic mass is 16.5. The van der Waals surface area contributed by atoms with Crippen LogP contribution in [0, 0.1) is 6.92 Å². The maximum absolute atomic E-state index is 12.4. The molecule has 0 aliphatic rings. The molecule has 2 aromatic rings. The highest BCUT2D eigenvalue weighted by Crippen LogP contribution is 2.19. The van der Waals surface area contributed by atoms with Crippen LogP contribution in [0.1, 0.15) is 31.4 Å². The van der Waals surface area contributed by atoms with Gasteiger partial charge >= 0.3 is 0 Å². The Morgan fingerprint density at radius 3 is 2.42 bits per heavy atom. The van der Waals surface area contributed by atoms with Crippen molar-refractivity contribution in [2.24, 2.45) is 0 Å². The van der Waals surface area contributed by atoms with Crippen LogP contribution >= 0.6 is 0 Å². The Hall–Kier alpha value is -2.49. The molecule has 0 aliphatic carbocycles. The van der Waals surface area contributed by atoms with Gasteiger partial charge in [0.1, 0.15) is 11.5 Å². The van der Waals surface area contributed by atoms with Crippen LogP contribution in [0.3, 0.4) is 0 Å². The van der Waals surface area contributed by atoms with E-state index in [2.05, 4.69) is 5.32 Å². The minimum absolute atomic E-state index is 0.102. The van der Waals surface area contributed by atoms with Crippen LogP contribution in [0.5, 0.6) is 11.5 Å². The van der Waals surface area contributed by atoms with Crippen LogP contribution < -0.4 is 14.8 Å². The molecule has 0 bridgehead atoms. The minimum Gasteiger partial charge on any atom is -0.494 e. The second kappa shape index (κ2) is 8.96. The summed E-state index contributed by atoms with van der Waals surface area (Å²) in [6, 6.07) is 15.4. The molecule has 0 aromatic heterocycles. The first-order valence-electron chi connectivity index (χ1n) is 8.35. The van der Waals surface area contributed by atoms with Gasteiger partial charge in [0.15, 0.2) is 6.10 Å². The fourth-order valence-electron chi connectivity index (χ4n) is 2.34. The van der Waals surface area contributed by atoms with Crippen molar-refractivity contribution in [1.82, 2.24) is 5.32 Å². The van der Waals surface area contributed by atoms with Crippen LogP contribution in [-0.2, 0) is 11.3 Å². The second-order valence-corrected chi connectivity index (χ2v) is 5.58. The van der Waals surface area contributed by atoms with Crippen molar-refractivity contribution in [3.8, 4) is 11.5 Å². The molecular formula is C20H25NO3. The van der Waals surface area contributed by atoms with Gasteiger partial charge in [-0.15, -0.1) is 0 Å². The summed E-state index contributed by atoms with van der Waals surface area (Å²) in [5.74, 6) is 1.48. The average molecular weight is 327 g/mol. The standard InChI is InChI=1S/C20H25NO3/c1-4-18(24-19-9-7-6-8-15(19)3)20(22)21-14-16-10-12-17(13-11-16)23-5-2/h6-13,18H,4-5,14H2,1-3H3,(H,21,22)/t18-/m0/s1. The van der Waals surface area contributed by atoms with Crippen molar-refractivity contribution in [1.29, 1.82) is 0 Å². The molecule has 2 aromatic carbocycles. The molecule has 1 atom stereocenters. The Balaban J connectivity index is 1.91. The predicted octanol–water partition coefficient (Wildman–Crippen LogP) is 3.87. The summed E-state index contributed by atoms with van der Waals surface area (Å²) >= 11 is 0. The number of hydrogen-bond donors (Lipinski definition) is 1. The molecule has 0 unspecified atom stereocenters. The van der Waals surface area contributed by atoms with Crippen LogP contribution in [0.2, 0.25) is 0 Å². The Bertz CT molecular complexity index is 652. The number of rotatable bonds is 8. The lowest BCUT2D eigenvalue weighted by atomic mass is 10.2. The molecule has 0 aliphatic heterocycles. The summed E-state index contributed by atoms with van der Waals surface area (Å²) in [7, 11) is 0. The van der Waals surface area contributed by atoms with E-state index in [-0.39, 0.29) is 5.91 Å². The van der Waals surface area contributed by atoms with Crippen LogP contribution in [0.15, 0.2) is 48.5 Å². The topological polar surface area (TPSA) is 47.6 Å². The zero-order valence-corrected chi connectivity index (χ0v) is 14.5. The number of carbonyl (C=O) groups excluding carboxylic acids is 1. The summed E-state index contributed by atoms with van der Waals surface area (Å²) in [5, 5.41) is 2.94. The highest BCUT2D eigenvalue weighted by Gasteiger charge is 2.18. The molecule has 1 N–H and O–H groups in total. The molecule has 128 valence electrons. The molecule has 0 saturated heterocycles. The van der Waals surface area contributed by atoms with E-state index in [0.717, 1.165) is 22.6 Å². The number of nitrogens with one attached hydrogen (secondary N) is 1. The molecule has 0 heterocycles. The summed E-state index contributed by atoms with van der Waals surface area (Å²) < 4.78 is 11.3. The molecule has 2 rings (SSSR count). The molecule has 24 heavy (non-hydrogen) atoms. The third-order valence-corrected chi connectivity index (χ3v) is 3.73. The number of hydrogen-bond acceptors (Lipinski definition) is 3. The maximum atomic E-state index is 12.4. The van der Waals surface area contributed by atoms with E-state index in [1.807, 2.05) is 69.3 Å². The molecular weight excluding hydrogens is 302 g/mol. The molecule has 0 fully saturated rings. The van der Waals surface area contributed by atoms with Crippen molar-refractivity contribution in [2.45, 2.75) is 39.8 Å². The number of benzene rings is 2. The largest absolute Gasteiger partial charge is 0.494 e. The zero-order chi connectivity index (χ0) is 17.4. The van der Waals surface area contributed by atoms with Gasteiger partial charge in [-0.25, -0.2) is 0 Å². The normalized spacial score (nSPS) is 11.6. The van der Waals surface area contributed by atoms with Gasteiger partial charge in [0, 0.05) is 6.54 Å². The van der Waals surface area contributed by atoms with Crippen molar-refractivity contribution in [3.05, 3.63) is 59.7 Å². The Kier molecular flexibility index (Phi) is 6.67. The van der Waals surface area contributed by atoms with Gasteiger partial charge < -0.3 is 14.8 Å². The van der Waals surface area contributed by atoms with Crippen molar-refractivity contribution in [3.63, 3.8) is 0 Å². The van der Waals surface area contributed by atoms with E-state index in [1.165, 1.54) is 0 Å². The number of ether oxygens (including phenoxy) is 2. The minimum atomic E-state index is -0.492. The van der Waals surface area contributed by atoms with E-state index in [9.17, 15) is 4.79 Å². The third-order valence-electron chi connectivity index (χ3n) is 3.73. The third kappa shape index (κ3) is 5.01. The first-order valence-corrected chi connectivity index (χ1v) is 8.35. The monoisotopic (exact) mass is 327 g/mol. The summed E-state index contributed by atoms with van der Waals surface area (Å²) in [5.41, 5.74) is 2.05. The average Bonchev–Trinajstić information content (AvgIpc) is 2.60. The Morgan fingerprint density at radius 1 is 1.08 bits per heavy atom. The first kappa shape index (κ1) is 17.9. The van der Waals surface area contributed by atoms with Gasteiger partial charge in [-0.2, -0.15) is 0 Å². The van der Waals surface area contributed by atoms with Gasteiger partial charge in [0.05, 0.1) is 6.61 Å². The van der Waals surface area contributed by atoms with E-state index < -0.39 is 6.10 Å². The quantitative estimate of drug-likeness (QED) is 0.801. The molecule has 4 nitrogen and oxygen atoms in total. The Labute approximate surface area is 143 Å². The van der Waals surface area contributed by atoms with Gasteiger partial charge in [-0.05, 0) is 49.6 Å². The number of amides is 1. The summed E-state index contributed by atoms with van der Waals surface area (Å²) in [4.78, 5) is 12.4. The van der Waals surface area contributed by atoms with Crippen LogP contribution in [0.25, 0.3) is 0 Å². The van der Waals surface area contributed by atoms with Crippen molar-refractivity contribution < 1.29 is 14.3 Å². The van der Waals surface area contributed by atoms with Gasteiger partial charge in [-0.3, -0.25) is 4.79 Å². The smallest absolute Gasteiger partial charge is 0.261 e. The van der Waals surface area contributed by atoms with Crippen LogP contribution in [0.4, 0.5) is 0 Å². The van der Waals surface area contributed by atoms with Crippen molar-refractivity contribution >= 4 is 5.91 Å². The first-order chi connectivity index (χ1) is 11.6.